The number of ketones is 1. The van der Waals surface area contributed by atoms with Gasteiger partial charge in [-0.25, -0.2) is 4.39 Å². The van der Waals surface area contributed by atoms with Crippen LogP contribution in [-0.4, -0.2) is 28.9 Å². The van der Waals surface area contributed by atoms with Crippen LogP contribution in [0.25, 0.3) is 5.76 Å². The number of hydrogen-bond acceptors (Lipinski definition) is 5. The number of rotatable bonds is 4. The van der Waals surface area contributed by atoms with Gasteiger partial charge in [0, 0.05) is 23.0 Å². The Morgan fingerprint density at radius 1 is 1.06 bits per heavy atom. The highest BCUT2D eigenvalue weighted by molar-refractivity contribution is 6.51. The third-order valence-electron chi connectivity index (χ3n) is 5.78. The van der Waals surface area contributed by atoms with Gasteiger partial charge < -0.3 is 9.84 Å². The number of aliphatic hydroxyl groups excluding tert-OH is 1. The molecule has 7 heteroatoms. The zero-order valence-electron chi connectivity index (χ0n) is 19.4. The van der Waals surface area contributed by atoms with Gasteiger partial charge in [0.15, 0.2) is 0 Å². The average Bonchev–Trinajstić information content (AvgIpc) is 3.08. The number of amides is 1. The molecule has 2 heterocycles. The molecule has 1 amide bonds. The molecule has 0 radical (unpaired) electrons. The first-order valence-electron chi connectivity index (χ1n) is 10.8. The SMILES string of the molecule is COc1ccc(/C(O)=C2/C(=O)C(=O)N(c3cccc(F)c3)C2c2ccccn2)cc1C(C)(C)C. The fourth-order valence-electron chi connectivity index (χ4n) is 4.14. The van der Waals surface area contributed by atoms with Crippen molar-refractivity contribution in [1.29, 1.82) is 0 Å². The van der Waals surface area contributed by atoms with Crippen molar-refractivity contribution in [3.8, 4) is 5.75 Å². The largest absolute Gasteiger partial charge is 0.507 e. The van der Waals surface area contributed by atoms with Gasteiger partial charge in [0.1, 0.15) is 23.4 Å². The maximum absolute atomic E-state index is 14.0. The van der Waals surface area contributed by atoms with Crippen molar-refractivity contribution in [3.05, 3.63) is 95.1 Å². The quantitative estimate of drug-likeness (QED) is 0.331. The maximum Gasteiger partial charge on any atom is 0.300 e. The van der Waals surface area contributed by atoms with Crippen LogP contribution in [0.3, 0.4) is 0 Å². The van der Waals surface area contributed by atoms with E-state index in [2.05, 4.69) is 4.98 Å². The number of aromatic nitrogens is 1. The Labute approximate surface area is 197 Å². The number of pyridine rings is 1. The molecular weight excluding hydrogens is 435 g/mol. The predicted molar refractivity (Wildman–Crippen MR) is 127 cm³/mol. The Morgan fingerprint density at radius 3 is 2.44 bits per heavy atom. The molecule has 1 unspecified atom stereocenters. The summed E-state index contributed by atoms with van der Waals surface area (Å²) in [5.74, 6) is -1.98. The molecule has 1 aromatic heterocycles. The van der Waals surface area contributed by atoms with E-state index in [0.717, 1.165) is 5.56 Å². The van der Waals surface area contributed by atoms with Gasteiger partial charge in [0.2, 0.25) is 0 Å². The first-order chi connectivity index (χ1) is 16.1. The van der Waals surface area contributed by atoms with Crippen LogP contribution in [0.15, 0.2) is 72.4 Å². The van der Waals surface area contributed by atoms with Crippen LogP contribution in [0.1, 0.15) is 43.6 Å². The molecule has 0 spiro atoms. The van der Waals surface area contributed by atoms with Crippen molar-refractivity contribution in [1.82, 2.24) is 4.98 Å². The van der Waals surface area contributed by atoms with Crippen molar-refractivity contribution in [2.75, 3.05) is 12.0 Å². The monoisotopic (exact) mass is 460 g/mol. The molecule has 0 saturated carbocycles. The number of nitrogens with zero attached hydrogens (tertiary/aromatic N) is 2. The lowest BCUT2D eigenvalue weighted by atomic mass is 9.84. The highest BCUT2D eigenvalue weighted by atomic mass is 19.1. The molecular formula is C27H25FN2O4. The second-order valence-corrected chi connectivity index (χ2v) is 9.07. The minimum Gasteiger partial charge on any atom is -0.507 e. The lowest BCUT2D eigenvalue weighted by molar-refractivity contribution is -0.132. The molecule has 1 saturated heterocycles. The van der Waals surface area contributed by atoms with E-state index in [1.54, 1.807) is 43.5 Å². The topological polar surface area (TPSA) is 79.7 Å². The van der Waals surface area contributed by atoms with Gasteiger partial charge in [-0.2, -0.15) is 0 Å². The molecule has 1 aliphatic rings. The third-order valence-corrected chi connectivity index (χ3v) is 5.78. The molecule has 3 aromatic rings. The molecule has 1 fully saturated rings. The van der Waals surface area contributed by atoms with E-state index in [4.69, 9.17) is 4.74 Å². The van der Waals surface area contributed by atoms with Crippen LogP contribution in [0, 0.1) is 5.82 Å². The summed E-state index contributed by atoms with van der Waals surface area (Å²) in [5.41, 5.74) is 1.34. The Kier molecular flexibility index (Phi) is 5.96. The summed E-state index contributed by atoms with van der Waals surface area (Å²) in [4.78, 5) is 31.9. The van der Waals surface area contributed by atoms with E-state index >= 15 is 0 Å². The second-order valence-electron chi connectivity index (χ2n) is 9.07. The summed E-state index contributed by atoms with van der Waals surface area (Å²) in [5, 5.41) is 11.4. The van der Waals surface area contributed by atoms with Gasteiger partial charge in [-0.1, -0.05) is 32.9 Å². The number of methoxy groups -OCH3 is 1. The van der Waals surface area contributed by atoms with E-state index in [1.165, 1.54) is 35.4 Å². The zero-order chi connectivity index (χ0) is 24.6. The molecule has 6 nitrogen and oxygen atoms in total. The summed E-state index contributed by atoms with van der Waals surface area (Å²) in [6.07, 6.45) is 1.53. The molecule has 4 rings (SSSR count). The zero-order valence-corrected chi connectivity index (χ0v) is 19.4. The summed E-state index contributed by atoms with van der Waals surface area (Å²) >= 11 is 0. The molecule has 0 aliphatic carbocycles. The van der Waals surface area contributed by atoms with E-state index in [1.807, 2.05) is 20.8 Å². The van der Waals surface area contributed by atoms with Crippen LogP contribution in [0.5, 0.6) is 5.75 Å². The summed E-state index contributed by atoms with van der Waals surface area (Å²) in [6, 6.07) is 14.6. The van der Waals surface area contributed by atoms with E-state index in [-0.39, 0.29) is 22.4 Å². The number of carbonyl (C=O) groups excluding carboxylic acids is 2. The molecule has 1 aliphatic heterocycles. The maximum atomic E-state index is 14.0. The van der Waals surface area contributed by atoms with E-state index in [0.29, 0.717) is 17.0 Å². The number of anilines is 1. The van der Waals surface area contributed by atoms with Crippen LogP contribution >= 0.6 is 0 Å². The number of ether oxygens (including phenoxy) is 1. The van der Waals surface area contributed by atoms with Gasteiger partial charge >= 0.3 is 0 Å². The highest BCUT2D eigenvalue weighted by Crippen LogP contribution is 2.42. The van der Waals surface area contributed by atoms with Crippen LogP contribution in [0.4, 0.5) is 10.1 Å². The smallest absolute Gasteiger partial charge is 0.300 e. The number of benzene rings is 2. The lowest BCUT2D eigenvalue weighted by Gasteiger charge is -2.25. The van der Waals surface area contributed by atoms with Crippen LogP contribution < -0.4 is 9.64 Å². The highest BCUT2D eigenvalue weighted by Gasteiger charge is 2.47. The van der Waals surface area contributed by atoms with Gasteiger partial charge in [-0.05, 0) is 53.9 Å². The number of Topliss-reactive ketones (excluding diaryl/α,β-unsaturated/α-hetero) is 1. The van der Waals surface area contributed by atoms with Crippen molar-refractivity contribution in [3.63, 3.8) is 0 Å². The minimum atomic E-state index is -1.02. The lowest BCUT2D eigenvalue weighted by Crippen LogP contribution is -2.29. The van der Waals surface area contributed by atoms with Crippen molar-refractivity contribution in [2.24, 2.45) is 0 Å². The number of carbonyl (C=O) groups is 2. The molecule has 34 heavy (non-hydrogen) atoms. The number of hydrogen-bond donors (Lipinski definition) is 1. The van der Waals surface area contributed by atoms with Crippen LogP contribution in [-0.2, 0) is 15.0 Å². The summed E-state index contributed by atoms with van der Waals surface area (Å²) < 4.78 is 19.5. The van der Waals surface area contributed by atoms with E-state index in [9.17, 15) is 19.1 Å². The molecule has 2 aromatic carbocycles. The number of halogens is 1. The normalized spacial score (nSPS) is 17.8. The third kappa shape index (κ3) is 4.05. The van der Waals surface area contributed by atoms with Gasteiger partial charge in [-0.3, -0.25) is 19.5 Å². The van der Waals surface area contributed by atoms with Crippen molar-refractivity contribution < 1.29 is 23.8 Å². The molecule has 0 bridgehead atoms. The van der Waals surface area contributed by atoms with Gasteiger partial charge in [0.25, 0.3) is 11.7 Å². The first-order valence-corrected chi connectivity index (χ1v) is 10.8. The van der Waals surface area contributed by atoms with Gasteiger partial charge in [0.05, 0.1) is 18.4 Å². The Morgan fingerprint density at radius 2 is 1.82 bits per heavy atom. The number of aliphatic hydroxyl groups is 1. The summed E-state index contributed by atoms with van der Waals surface area (Å²) in [7, 11) is 1.57. The fourth-order valence-corrected chi connectivity index (χ4v) is 4.14. The van der Waals surface area contributed by atoms with Crippen molar-refractivity contribution in [2.45, 2.75) is 32.2 Å². The molecule has 1 atom stereocenters. The fraction of sp³-hybridized carbons (Fsp3) is 0.222. The van der Waals surface area contributed by atoms with Gasteiger partial charge in [-0.15, -0.1) is 0 Å². The predicted octanol–water partition coefficient (Wildman–Crippen LogP) is 5.15. The molecule has 1 N–H and O–H groups in total. The standard InChI is InChI=1S/C27H25FN2O4/c1-27(2,3)19-14-16(11-12-21(19)34-4)24(31)22-23(20-10-5-6-13-29-20)30(26(33)25(22)32)18-9-7-8-17(28)15-18/h5-15,23,31H,1-4H3/b24-22-. The second kappa shape index (κ2) is 8.74. The summed E-state index contributed by atoms with van der Waals surface area (Å²) in [6.45, 7) is 6.02. The van der Waals surface area contributed by atoms with E-state index < -0.39 is 23.5 Å². The van der Waals surface area contributed by atoms with Crippen molar-refractivity contribution >= 4 is 23.1 Å². The van der Waals surface area contributed by atoms with Crippen LogP contribution in [0.2, 0.25) is 0 Å². The first kappa shape index (κ1) is 23.2. The minimum absolute atomic E-state index is 0.113. The Balaban J connectivity index is 1.95. The Bertz CT molecular complexity index is 1300. The molecule has 174 valence electrons. The average molecular weight is 461 g/mol. The Hall–Kier alpha value is -4.00.